The zero-order valence-corrected chi connectivity index (χ0v) is 14.4. The third-order valence-electron chi connectivity index (χ3n) is 3.38. The van der Waals surface area contributed by atoms with Crippen molar-refractivity contribution in [2.24, 2.45) is 0 Å². The number of hydrogen-bond acceptors (Lipinski definition) is 5. The molecular weight excluding hydrogens is 358 g/mol. The van der Waals surface area contributed by atoms with Crippen LogP contribution in [0.15, 0.2) is 57.4 Å². The number of nitrogens with zero attached hydrogens (tertiary/aromatic N) is 2. The fraction of sp³-hybridized carbons (Fsp3) is 0.176. The largest absolute Gasteiger partial charge is 0.497 e. The second-order valence-electron chi connectivity index (χ2n) is 5.05. The predicted molar refractivity (Wildman–Crippen MR) is 92.5 cm³/mol. The van der Waals surface area contributed by atoms with Crippen molar-refractivity contribution in [3.63, 3.8) is 0 Å². The van der Waals surface area contributed by atoms with Crippen molar-refractivity contribution < 1.29 is 9.15 Å². The summed E-state index contributed by atoms with van der Waals surface area (Å²) < 4.78 is 11.9. The van der Waals surface area contributed by atoms with E-state index < -0.39 is 0 Å². The van der Waals surface area contributed by atoms with Gasteiger partial charge < -0.3 is 14.5 Å². The normalized spacial score (nSPS) is 12.0. The summed E-state index contributed by atoms with van der Waals surface area (Å²) in [6, 6.07) is 15.4. The summed E-state index contributed by atoms with van der Waals surface area (Å²) in [5.41, 5.74) is 1.85. The smallest absolute Gasteiger partial charge is 0.247 e. The monoisotopic (exact) mass is 373 g/mol. The van der Waals surface area contributed by atoms with Crippen LogP contribution in [0.25, 0.3) is 11.5 Å². The summed E-state index contributed by atoms with van der Waals surface area (Å²) in [5.74, 6) is 1.82. The maximum atomic E-state index is 5.77. The van der Waals surface area contributed by atoms with E-state index in [0.717, 1.165) is 21.5 Å². The molecule has 118 valence electrons. The molecule has 1 heterocycles. The molecule has 0 unspecified atom stereocenters. The van der Waals surface area contributed by atoms with Gasteiger partial charge in [-0.25, -0.2) is 0 Å². The fourth-order valence-corrected chi connectivity index (χ4v) is 2.38. The van der Waals surface area contributed by atoms with E-state index in [0.29, 0.717) is 11.8 Å². The first-order valence-electron chi connectivity index (χ1n) is 7.15. The summed E-state index contributed by atoms with van der Waals surface area (Å²) >= 11 is 3.42. The van der Waals surface area contributed by atoms with Crippen molar-refractivity contribution in [1.29, 1.82) is 0 Å². The minimum absolute atomic E-state index is 0.0873. The van der Waals surface area contributed by atoms with Crippen LogP contribution in [0.5, 0.6) is 5.75 Å². The number of anilines is 1. The molecule has 5 nitrogen and oxygen atoms in total. The Labute approximate surface area is 142 Å². The van der Waals surface area contributed by atoms with Crippen LogP contribution in [-0.2, 0) is 0 Å². The van der Waals surface area contributed by atoms with Crippen LogP contribution in [0.3, 0.4) is 0 Å². The molecule has 0 fully saturated rings. The summed E-state index contributed by atoms with van der Waals surface area (Å²) in [7, 11) is 1.63. The number of aromatic nitrogens is 2. The van der Waals surface area contributed by atoms with Gasteiger partial charge in [0.1, 0.15) is 11.8 Å². The Morgan fingerprint density at radius 2 is 1.74 bits per heavy atom. The lowest BCUT2D eigenvalue weighted by Crippen LogP contribution is -2.06. The van der Waals surface area contributed by atoms with E-state index in [2.05, 4.69) is 31.4 Å². The van der Waals surface area contributed by atoms with Gasteiger partial charge in [0.15, 0.2) is 0 Å². The Morgan fingerprint density at radius 1 is 1.04 bits per heavy atom. The lowest BCUT2D eigenvalue weighted by molar-refractivity contribution is 0.415. The second kappa shape index (κ2) is 6.83. The first-order chi connectivity index (χ1) is 11.2. The van der Waals surface area contributed by atoms with Crippen molar-refractivity contribution in [2.45, 2.75) is 13.0 Å². The molecule has 2 aromatic carbocycles. The average Bonchev–Trinajstić information content (AvgIpc) is 3.07. The standard InChI is InChI=1S/C17H16BrN3O2/c1-11(19-14-7-5-13(18)6-8-14)16-20-21-17(23-16)12-3-9-15(22-2)10-4-12/h3-11,19H,1-2H3/t11-/m1/s1. The van der Waals surface area contributed by atoms with E-state index >= 15 is 0 Å². The van der Waals surface area contributed by atoms with Crippen LogP contribution in [0.2, 0.25) is 0 Å². The van der Waals surface area contributed by atoms with Gasteiger partial charge in [-0.15, -0.1) is 10.2 Å². The zero-order chi connectivity index (χ0) is 16.2. The highest BCUT2D eigenvalue weighted by Gasteiger charge is 2.15. The summed E-state index contributed by atoms with van der Waals surface area (Å²) in [5, 5.41) is 11.6. The molecule has 0 aliphatic heterocycles. The van der Waals surface area contributed by atoms with E-state index in [9.17, 15) is 0 Å². The molecule has 0 bridgehead atoms. The van der Waals surface area contributed by atoms with Crippen LogP contribution in [0, 0.1) is 0 Å². The Hall–Kier alpha value is -2.34. The number of benzene rings is 2. The van der Waals surface area contributed by atoms with Crippen LogP contribution in [0.1, 0.15) is 18.9 Å². The lowest BCUT2D eigenvalue weighted by Gasteiger charge is -2.11. The summed E-state index contributed by atoms with van der Waals surface area (Å²) in [6.45, 7) is 1.98. The first kappa shape index (κ1) is 15.6. The quantitative estimate of drug-likeness (QED) is 0.703. The van der Waals surface area contributed by atoms with Crippen LogP contribution >= 0.6 is 15.9 Å². The molecule has 3 aromatic rings. The molecule has 1 aromatic heterocycles. The molecule has 6 heteroatoms. The molecule has 0 saturated carbocycles. The maximum absolute atomic E-state index is 5.77. The van der Waals surface area contributed by atoms with Crippen molar-refractivity contribution in [2.75, 3.05) is 12.4 Å². The molecule has 0 saturated heterocycles. The topological polar surface area (TPSA) is 60.2 Å². The number of nitrogens with one attached hydrogen (secondary N) is 1. The van der Waals surface area contributed by atoms with E-state index in [1.54, 1.807) is 7.11 Å². The lowest BCUT2D eigenvalue weighted by atomic mass is 10.2. The summed E-state index contributed by atoms with van der Waals surface area (Å²) in [6.07, 6.45) is 0. The summed E-state index contributed by atoms with van der Waals surface area (Å²) in [4.78, 5) is 0. The van der Waals surface area contributed by atoms with Gasteiger partial charge in [-0.1, -0.05) is 15.9 Å². The van der Waals surface area contributed by atoms with Crippen LogP contribution < -0.4 is 10.1 Å². The van der Waals surface area contributed by atoms with Gasteiger partial charge in [-0.2, -0.15) is 0 Å². The predicted octanol–water partition coefficient (Wildman–Crippen LogP) is 4.68. The number of hydrogen-bond donors (Lipinski definition) is 1. The molecule has 0 radical (unpaired) electrons. The third-order valence-corrected chi connectivity index (χ3v) is 3.90. The number of halogens is 1. The highest BCUT2D eigenvalue weighted by Crippen LogP contribution is 2.25. The number of methoxy groups -OCH3 is 1. The van der Waals surface area contributed by atoms with E-state index in [4.69, 9.17) is 9.15 Å². The molecule has 0 spiro atoms. The highest BCUT2D eigenvalue weighted by molar-refractivity contribution is 9.10. The van der Waals surface area contributed by atoms with Crippen LogP contribution in [0.4, 0.5) is 5.69 Å². The van der Waals surface area contributed by atoms with Gasteiger partial charge in [-0.05, 0) is 55.5 Å². The molecule has 1 atom stereocenters. The zero-order valence-electron chi connectivity index (χ0n) is 12.8. The van der Waals surface area contributed by atoms with Crippen molar-refractivity contribution in [1.82, 2.24) is 10.2 Å². The minimum atomic E-state index is -0.0873. The van der Waals surface area contributed by atoms with Gasteiger partial charge in [0, 0.05) is 15.7 Å². The molecule has 1 N–H and O–H groups in total. The Kier molecular flexibility index (Phi) is 4.62. The van der Waals surface area contributed by atoms with Gasteiger partial charge in [0.05, 0.1) is 7.11 Å². The Bertz CT molecular complexity index is 769. The Balaban J connectivity index is 1.73. The van der Waals surface area contributed by atoms with Gasteiger partial charge in [0.25, 0.3) is 0 Å². The Morgan fingerprint density at radius 3 is 2.39 bits per heavy atom. The van der Waals surface area contributed by atoms with Gasteiger partial charge >= 0.3 is 0 Å². The van der Waals surface area contributed by atoms with Crippen molar-refractivity contribution in [3.05, 3.63) is 58.9 Å². The first-order valence-corrected chi connectivity index (χ1v) is 7.95. The van der Waals surface area contributed by atoms with Crippen LogP contribution in [-0.4, -0.2) is 17.3 Å². The van der Waals surface area contributed by atoms with Gasteiger partial charge in [-0.3, -0.25) is 0 Å². The average molecular weight is 374 g/mol. The molecule has 0 amide bonds. The number of rotatable bonds is 5. The second-order valence-corrected chi connectivity index (χ2v) is 5.96. The third kappa shape index (κ3) is 3.71. The number of ether oxygens (including phenoxy) is 1. The van der Waals surface area contributed by atoms with Crippen molar-refractivity contribution >= 4 is 21.6 Å². The molecule has 3 rings (SSSR count). The fourth-order valence-electron chi connectivity index (χ4n) is 2.12. The van der Waals surface area contributed by atoms with E-state index in [-0.39, 0.29) is 6.04 Å². The molecule has 23 heavy (non-hydrogen) atoms. The maximum Gasteiger partial charge on any atom is 0.247 e. The van der Waals surface area contributed by atoms with Gasteiger partial charge in [0.2, 0.25) is 11.8 Å². The molecule has 0 aliphatic rings. The van der Waals surface area contributed by atoms with E-state index in [1.807, 2.05) is 55.5 Å². The highest BCUT2D eigenvalue weighted by atomic mass is 79.9. The molecule has 0 aliphatic carbocycles. The van der Waals surface area contributed by atoms with Crippen molar-refractivity contribution in [3.8, 4) is 17.2 Å². The minimum Gasteiger partial charge on any atom is -0.497 e. The van der Waals surface area contributed by atoms with E-state index in [1.165, 1.54) is 0 Å². The SMILES string of the molecule is COc1ccc(-c2nnc([C@@H](C)Nc3ccc(Br)cc3)o2)cc1. The molecular formula is C17H16BrN3O2.